The molecule has 2 aliphatic rings. The lowest BCUT2D eigenvalue weighted by Gasteiger charge is -2.35. The number of unbranched alkanes of at least 4 members (excludes halogenated alkanes) is 2. The van der Waals surface area contributed by atoms with Gasteiger partial charge in [0.25, 0.3) is 0 Å². The van der Waals surface area contributed by atoms with E-state index in [1.807, 2.05) is 6.92 Å². The highest BCUT2D eigenvalue weighted by atomic mass is 19.1. The largest absolute Gasteiger partial charge is 0.469 e. The van der Waals surface area contributed by atoms with E-state index in [0.29, 0.717) is 11.8 Å². The van der Waals surface area contributed by atoms with Crippen molar-refractivity contribution in [1.29, 1.82) is 0 Å². The summed E-state index contributed by atoms with van der Waals surface area (Å²) in [5.74, 6) is 0.0834. The molecule has 1 aromatic rings. The summed E-state index contributed by atoms with van der Waals surface area (Å²) >= 11 is 0. The SMILES string of the molecule is CCCCCC(C)C(=O)O[C@]12C[C@H](CN1)C[C@H]2Oc1ccc(F)cn1. The fourth-order valence-corrected chi connectivity index (χ4v) is 3.76. The van der Waals surface area contributed by atoms with E-state index < -0.39 is 11.5 Å². The number of nitrogens with one attached hydrogen (secondary N) is 1. The van der Waals surface area contributed by atoms with Gasteiger partial charge in [0.1, 0.15) is 5.82 Å². The molecule has 0 aromatic carbocycles. The van der Waals surface area contributed by atoms with Crippen molar-refractivity contribution in [2.45, 2.75) is 64.2 Å². The number of hydrogen-bond acceptors (Lipinski definition) is 5. The molecule has 0 radical (unpaired) electrons. The minimum Gasteiger partial charge on any atom is -0.469 e. The molecule has 1 saturated heterocycles. The van der Waals surface area contributed by atoms with E-state index in [-0.39, 0.29) is 18.0 Å². The van der Waals surface area contributed by atoms with Crippen molar-refractivity contribution in [2.75, 3.05) is 6.54 Å². The van der Waals surface area contributed by atoms with E-state index >= 15 is 0 Å². The number of fused-ring (bicyclic) bond motifs is 2. The number of pyridine rings is 1. The molecule has 5 nitrogen and oxygen atoms in total. The number of carbonyl (C=O) groups excluding carboxylic acids is 1. The third-order valence-corrected chi connectivity index (χ3v) is 5.24. The number of piperidine rings is 1. The summed E-state index contributed by atoms with van der Waals surface area (Å²) < 4.78 is 24.9. The lowest BCUT2D eigenvalue weighted by Crippen LogP contribution is -2.56. The van der Waals surface area contributed by atoms with Gasteiger partial charge in [0, 0.05) is 19.0 Å². The van der Waals surface area contributed by atoms with Gasteiger partial charge in [0.05, 0.1) is 12.1 Å². The van der Waals surface area contributed by atoms with Crippen LogP contribution in [0.5, 0.6) is 5.88 Å². The molecule has 3 rings (SSSR count). The van der Waals surface area contributed by atoms with E-state index in [2.05, 4.69) is 17.2 Å². The molecule has 25 heavy (non-hydrogen) atoms. The normalized spacial score (nSPS) is 28.8. The van der Waals surface area contributed by atoms with E-state index in [0.717, 1.165) is 51.3 Å². The highest BCUT2D eigenvalue weighted by Crippen LogP contribution is 2.43. The van der Waals surface area contributed by atoms with Crippen LogP contribution in [0.25, 0.3) is 0 Å². The van der Waals surface area contributed by atoms with Crippen LogP contribution in [-0.2, 0) is 9.53 Å². The lowest BCUT2D eigenvalue weighted by atomic mass is 10.0. The number of hydrogen-bond donors (Lipinski definition) is 1. The average molecular weight is 350 g/mol. The molecule has 1 aliphatic carbocycles. The molecule has 2 fully saturated rings. The van der Waals surface area contributed by atoms with Crippen LogP contribution in [0.1, 0.15) is 52.4 Å². The van der Waals surface area contributed by atoms with Gasteiger partial charge < -0.3 is 9.47 Å². The molecule has 0 amide bonds. The fraction of sp³-hybridized carbons (Fsp3) is 0.684. The predicted octanol–water partition coefficient (Wildman–Crippen LogP) is 3.44. The summed E-state index contributed by atoms with van der Waals surface area (Å²) in [4.78, 5) is 16.5. The maximum Gasteiger partial charge on any atom is 0.310 e. The molecular formula is C19H27FN2O3. The summed E-state index contributed by atoms with van der Waals surface area (Å²) in [7, 11) is 0. The van der Waals surface area contributed by atoms with E-state index in [4.69, 9.17) is 9.47 Å². The van der Waals surface area contributed by atoms with Crippen molar-refractivity contribution in [1.82, 2.24) is 10.3 Å². The molecule has 1 unspecified atom stereocenters. The minimum atomic E-state index is -0.781. The monoisotopic (exact) mass is 350 g/mol. The lowest BCUT2D eigenvalue weighted by molar-refractivity contribution is -0.176. The number of rotatable bonds is 8. The zero-order chi connectivity index (χ0) is 17.9. The maximum absolute atomic E-state index is 13.0. The molecule has 6 heteroatoms. The van der Waals surface area contributed by atoms with Crippen molar-refractivity contribution >= 4 is 5.97 Å². The highest BCUT2D eigenvalue weighted by molar-refractivity contribution is 5.72. The second-order valence-electron chi connectivity index (χ2n) is 7.32. The minimum absolute atomic E-state index is 0.119. The zero-order valence-electron chi connectivity index (χ0n) is 15.0. The third-order valence-electron chi connectivity index (χ3n) is 5.24. The Morgan fingerprint density at radius 3 is 3.00 bits per heavy atom. The number of nitrogens with zero attached hydrogens (tertiary/aromatic N) is 1. The Morgan fingerprint density at radius 2 is 2.32 bits per heavy atom. The predicted molar refractivity (Wildman–Crippen MR) is 91.5 cm³/mol. The van der Waals surface area contributed by atoms with Gasteiger partial charge in [-0.05, 0) is 24.8 Å². The highest BCUT2D eigenvalue weighted by Gasteiger charge is 2.57. The first-order chi connectivity index (χ1) is 12.0. The summed E-state index contributed by atoms with van der Waals surface area (Å²) in [5, 5.41) is 3.33. The average Bonchev–Trinajstić information content (AvgIpc) is 3.14. The quantitative estimate of drug-likeness (QED) is 0.575. The topological polar surface area (TPSA) is 60.5 Å². The van der Waals surface area contributed by atoms with Crippen LogP contribution >= 0.6 is 0 Å². The van der Waals surface area contributed by atoms with Gasteiger partial charge in [0.15, 0.2) is 6.10 Å². The van der Waals surface area contributed by atoms with Gasteiger partial charge in [-0.2, -0.15) is 0 Å². The van der Waals surface area contributed by atoms with Crippen molar-refractivity contribution < 1.29 is 18.7 Å². The Labute approximate surface area is 148 Å². The second kappa shape index (κ2) is 7.68. The van der Waals surface area contributed by atoms with Gasteiger partial charge in [-0.25, -0.2) is 9.37 Å². The summed E-state index contributed by atoms with van der Waals surface area (Å²) in [6, 6.07) is 2.82. The van der Waals surface area contributed by atoms with Gasteiger partial charge in [-0.3, -0.25) is 10.1 Å². The first kappa shape index (κ1) is 18.1. The molecule has 2 heterocycles. The molecule has 1 saturated carbocycles. The van der Waals surface area contributed by atoms with E-state index in [1.54, 1.807) is 0 Å². The molecule has 138 valence electrons. The van der Waals surface area contributed by atoms with Crippen molar-refractivity contribution in [2.24, 2.45) is 11.8 Å². The Bertz CT molecular complexity index is 595. The van der Waals surface area contributed by atoms with Crippen molar-refractivity contribution in [3.8, 4) is 5.88 Å². The Kier molecular flexibility index (Phi) is 5.57. The van der Waals surface area contributed by atoms with Crippen LogP contribution in [0.3, 0.4) is 0 Å². The number of aromatic nitrogens is 1. The first-order valence-electron chi connectivity index (χ1n) is 9.28. The summed E-state index contributed by atoms with van der Waals surface area (Å²) in [6.07, 6.45) is 6.55. The third kappa shape index (κ3) is 4.11. The van der Waals surface area contributed by atoms with Crippen LogP contribution in [0.2, 0.25) is 0 Å². The number of ether oxygens (including phenoxy) is 2. The summed E-state index contributed by atoms with van der Waals surface area (Å²) in [5.41, 5.74) is -0.781. The first-order valence-corrected chi connectivity index (χ1v) is 9.28. The van der Waals surface area contributed by atoms with Crippen LogP contribution in [0.15, 0.2) is 18.3 Å². The van der Waals surface area contributed by atoms with Crippen LogP contribution in [-0.4, -0.2) is 29.3 Å². The van der Waals surface area contributed by atoms with Gasteiger partial charge in [-0.1, -0.05) is 33.1 Å². The van der Waals surface area contributed by atoms with Crippen LogP contribution in [0, 0.1) is 17.7 Å². The fourth-order valence-electron chi connectivity index (χ4n) is 3.76. The standard InChI is InChI=1S/C19H27FN2O3/c1-3-4-5-6-13(2)18(23)25-19-10-14(11-22-19)9-16(19)24-17-8-7-15(20)12-21-17/h7-8,12-14,16,22H,3-6,9-11H2,1-2H3/t13?,14-,16-,19+/m1/s1. The zero-order valence-corrected chi connectivity index (χ0v) is 15.0. The number of esters is 1. The Balaban J connectivity index is 1.63. The van der Waals surface area contributed by atoms with E-state index in [1.165, 1.54) is 12.1 Å². The second-order valence-corrected chi connectivity index (χ2v) is 7.32. The number of carbonyl (C=O) groups is 1. The summed E-state index contributed by atoms with van der Waals surface area (Å²) in [6.45, 7) is 4.90. The molecule has 0 spiro atoms. The van der Waals surface area contributed by atoms with E-state index in [9.17, 15) is 9.18 Å². The molecule has 1 aromatic heterocycles. The molecule has 4 atom stereocenters. The van der Waals surface area contributed by atoms with Crippen LogP contribution in [0.4, 0.5) is 4.39 Å². The molecule has 2 bridgehead atoms. The molecule has 1 N–H and O–H groups in total. The Hall–Kier alpha value is -1.69. The smallest absolute Gasteiger partial charge is 0.310 e. The Morgan fingerprint density at radius 1 is 1.48 bits per heavy atom. The van der Waals surface area contributed by atoms with Gasteiger partial charge in [-0.15, -0.1) is 0 Å². The van der Waals surface area contributed by atoms with Crippen molar-refractivity contribution in [3.63, 3.8) is 0 Å². The maximum atomic E-state index is 13.0. The molecule has 1 aliphatic heterocycles. The molecular weight excluding hydrogens is 323 g/mol. The van der Waals surface area contributed by atoms with Gasteiger partial charge in [0.2, 0.25) is 11.6 Å². The van der Waals surface area contributed by atoms with Crippen LogP contribution < -0.4 is 10.1 Å². The number of halogens is 1. The van der Waals surface area contributed by atoms with Gasteiger partial charge >= 0.3 is 5.97 Å². The van der Waals surface area contributed by atoms with Crippen molar-refractivity contribution in [3.05, 3.63) is 24.1 Å².